The van der Waals surface area contributed by atoms with Crippen molar-refractivity contribution in [2.45, 2.75) is 30.4 Å². The van der Waals surface area contributed by atoms with E-state index in [-0.39, 0.29) is 12.5 Å². The van der Waals surface area contributed by atoms with E-state index in [0.717, 1.165) is 24.1 Å². The lowest BCUT2D eigenvalue weighted by atomic mass is 10.0. The Bertz CT molecular complexity index is 495. The van der Waals surface area contributed by atoms with Crippen molar-refractivity contribution < 1.29 is 13.5 Å². The summed E-state index contributed by atoms with van der Waals surface area (Å²) in [4.78, 5) is 1.09. The monoisotopic (exact) mass is 289 g/mol. The zero-order valence-electron chi connectivity index (χ0n) is 10.5. The van der Waals surface area contributed by atoms with Gasteiger partial charge in [0.05, 0.1) is 0 Å². The van der Waals surface area contributed by atoms with Crippen molar-refractivity contribution in [3.63, 3.8) is 0 Å². The van der Waals surface area contributed by atoms with Gasteiger partial charge in [0.1, 0.15) is 4.21 Å². The first-order valence-electron chi connectivity index (χ1n) is 6.27. The lowest BCUT2D eigenvalue weighted by Gasteiger charge is -2.30. The van der Waals surface area contributed by atoms with Crippen LogP contribution in [0.15, 0.2) is 16.3 Å². The first kappa shape index (κ1) is 14.0. The molecular weight excluding hydrogens is 270 g/mol. The average Bonchev–Trinajstić information content (AvgIpc) is 2.88. The SMILES string of the molecule is CCc1ccc(S(=O)(=O)N2CCCC(CO)C2)s1. The Morgan fingerprint density at radius 3 is 2.89 bits per heavy atom. The van der Waals surface area contributed by atoms with Crippen LogP contribution < -0.4 is 0 Å². The van der Waals surface area contributed by atoms with E-state index in [1.54, 1.807) is 6.07 Å². The number of rotatable bonds is 4. The number of thiophene rings is 1. The fourth-order valence-electron chi connectivity index (χ4n) is 2.21. The molecule has 1 N–H and O–H groups in total. The van der Waals surface area contributed by atoms with Gasteiger partial charge in [-0.3, -0.25) is 0 Å². The highest BCUT2D eigenvalue weighted by Gasteiger charge is 2.30. The predicted octanol–water partition coefficient (Wildman–Crippen LogP) is 1.70. The van der Waals surface area contributed by atoms with E-state index in [1.165, 1.54) is 15.6 Å². The summed E-state index contributed by atoms with van der Waals surface area (Å²) in [7, 11) is -3.35. The maximum Gasteiger partial charge on any atom is 0.252 e. The van der Waals surface area contributed by atoms with Crippen LogP contribution in [0.4, 0.5) is 0 Å². The molecular formula is C12H19NO3S2. The maximum absolute atomic E-state index is 12.4. The molecule has 0 aliphatic carbocycles. The predicted molar refractivity (Wildman–Crippen MR) is 72.3 cm³/mol. The van der Waals surface area contributed by atoms with Gasteiger partial charge in [0.25, 0.3) is 10.0 Å². The Morgan fingerprint density at radius 2 is 2.28 bits per heavy atom. The van der Waals surface area contributed by atoms with Gasteiger partial charge in [-0.05, 0) is 37.3 Å². The van der Waals surface area contributed by atoms with Gasteiger partial charge in [-0.2, -0.15) is 4.31 Å². The largest absolute Gasteiger partial charge is 0.396 e. The molecule has 18 heavy (non-hydrogen) atoms. The van der Waals surface area contributed by atoms with Crippen molar-refractivity contribution >= 4 is 21.4 Å². The van der Waals surface area contributed by atoms with Crippen molar-refractivity contribution in [2.24, 2.45) is 5.92 Å². The van der Waals surface area contributed by atoms with Crippen molar-refractivity contribution in [3.8, 4) is 0 Å². The van der Waals surface area contributed by atoms with Gasteiger partial charge in [0, 0.05) is 24.6 Å². The fourth-order valence-corrected chi connectivity index (χ4v) is 5.21. The number of hydrogen-bond acceptors (Lipinski definition) is 4. The van der Waals surface area contributed by atoms with Crippen LogP contribution in [0.5, 0.6) is 0 Å². The average molecular weight is 289 g/mol. The van der Waals surface area contributed by atoms with Crippen molar-refractivity contribution in [3.05, 3.63) is 17.0 Å². The van der Waals surface area contributed by atoms with Gasteiger partial charge in [0.15, 0.2) is 0 Å². The molecule has 1 atom stereocenters. The summed E-state index contributed by atoms with van der Waals surface area (Å²) in [6, 6.07) is 3.58. The zero-order chi connectivity index (χ0) is 13.2. The molecule has 1 fully saturated rings. The number of sulfonamides is 1. The molecule has 0 aromatic carbocycles. The van der Waals surface area contributed by atoms with Crippen LogP contribution >= 0.6 is 11.3 Å². The molecule has 1 aliphatic rings. The Balaban J connectivity index is 2.19. The summed E-state index contributed by atoms with van der Waals surface area (Å²) in [6.45, 7) is 3.10. The summed E-state index contributed by atoms with van der Waals surface area (Å²) >= 11 is 1.35. The first-order valence-corrected chi connectivity index (χ1v) is 8.53. The van der Waals surface area contributed by atoms with Gasteiger partial charge >= 0.3 is 0 Å². The number of nitrogens with zero attached hydrogens (tertiary/aromatic N) is 1. The van der Waals surface area contributed by atoms with Crippen LogP contribution in [-0.2, 0) is 16.4 Å². The van der Waals surface area contributed by atoms with Crippen LogP contribution in [0.1, 0.15) is 24.6 Å². The maximum atomic E-state index is 12.4. The van der Waals surface area contributed by atoms with Gasteiger partial charge < -0.3 is 5.11 Å². The Morgan fingerprint density at radius 1 is 1.50 bits per heavy atom. The van der Waals surface area contributed by atoms with Crippen LogP contribution in [0.25, 0.3) is 0 Å². The van der Waals surface area contributed by atoms with Gasteiger partial charge in [0.2, 0.25) is 0 Å². The van der Waals surface area contributed by atoms with Gasteiger partial charge in [-0.1, -0.05) is 6.92 Å². The minimum atomic E-state index is -3.35. The standard InChI is InChI=1S/C12H19NO3S2/c1-2-11-5-6-12(17-11)18(15,16)13-7-3-4-10(8-13)9-14/h5-6,10,14H,2-4,7-9H2,1H3. The molecule has 1 aromatic heterocycles. The second-order valence-corrected chi connectivity index (χ2v) is 7.96. The van der Waals surface area contributed by atoms with Gasteiger partial charge in [-0.15, -0.1) is 11.3 Å². The molecule has 0 bridgehead atoms. The highest BCUT2D eigenvalue weighted by molar-refractivity contribution is 7.91. The summed E-state index contributed by atoms with van der Waals surface area (Å²) in [5.41, 5.74) is 0. The van der Waals surface area contributed by atoms with Crippen LogP contribution in [0, 0.1) is 5.92 Å². The van der Waals surface area contributed by atoms with E-state index in [4.69, 9.17) is 5.11 Å². The summed E-state index contributed by atoms with van der Waals surface area (Å²) in [5, 5.41) is 9.17. The van der Waals surface area contributed by atoms with Crippen LogP contribution in [0.2, 0.25) is 0 Å². The van der Waals surface area contributed by atoms with Crippen molar-refractivity contribution in [1.82, 2.24) is 4.31 Å². The highest BCUT2D eigenvalue weighted by atomic mass is 32.2. The Hall–Kier alpha value is -0.430. The minimum Gasteiger partial charge on any atom is -0.396 e. The molecule has 0 saturated carbocycles. The summed E-state index contributed by atoms with van der Waals surface area (Å²) in [6.07, 6.45) is 2.60. The van der Waals surface area contributed by atoms with Gasteiger partial charge in [-0.25, -0.2) is 8.42 Å². The molecule has 0 radical (unpaired) electrons. The Labute approximate surface area is 112 Å². The molecule has 2 rings (SSSR count). The molecule has 1 aliphatic heterocycles. The quantitative estimate of drug-likeness (QED) is 0.918. The number of aryl methyl sites for hydroxylation is 1. The number of aliphatic hydroxyl groups is 1. The molecule has 0 spiro atoms. The van der Waals surface area contributed by atoms with Crippen molar-refractivity contribution in [2.75, 3.05) is 19.7 Å². The fraction of sp³-hybridized carbons (Fsp3) is 0.667. The topological polar surface area (TPSA) is 57.6 Å². The van der Waals surface area contributed by atoms with E-state index in [9.17, 15) is 8.42 Å². The second kappa shape index (κ2) is 5.69. The molecule has 4 nitrogen and oxygen atoms in total. The normalized spacial score (nSPS) is 22.2. The molecule has 102 valence electrons. The highest BCUT2D eigenvalue weighted by Crippen LogP contribution is 2.28. The molecule has 1 aromatic rings. The third kappa shape index (κ3) is 2.77. The van der Waals surface area contributed by atoms with E-state index in [1.807, 2.05) is 13.0 Å². The van der Waals surface area contributed by atoms with Crippen LogP contribution in [0.3, 0.4) is 0 Å². The Kier molecular flexibility index (Phi) is 4.42. The smallest absolute Gasteiger partial charge is 0.252 e. The van der Waals surface area contributed by atoms with E-state index >= 15 is 0 Å². The van der Waals surface area contributed by atoms with Crippen LogP contribution in [-0.4, -0.2) is 37.5 Å². The first-order chi connectivity index (χ1) is 8.57. The van der Waals surface area contributed by atoms with E-state index < -0.39 is 10.0 Å². The lowest BCUT2D eigenvalue weighted by molar-refractivity contribution is 0.165. The molecule has 1 unspecified atom stereocenters. The number of hydrogen-bond donors (Lipinski definition) is 1. The number of aliphatic hydroxyl groups excluding tert-OH is 1. The third-order valence-electron chi connectivity index (χ3n) is 3.32. The molecule has 2 heterocycles. The van der Waals surface area contributed by atoms with E-state index in [2.05, 4.69) is 0 Å². The third-order valence-corrected chi connectivity index (χ3v) is 6.88. The molecule has 6 heteroatoms. The molecule has 1 saturated heterocycles. The molecule has 0 amide bonds. The minimum absolute atomic E-state index is 0.0661. The number of piperidine rings is 1. The van der Waals surface area contributed by atoms with E-state index in [0.29, 0.717) is 17.3 Å². The summed E-state index contributed by atoms with van der Waals surface area (Å²) in [5.74, 6) is 0.0825. The summed E-state index contributed by atoms with van der Waals surface area (Å²) < 4.78 is 26.8. The second-order valence-electron chi connectivity index (χ2n) is 4.63. The lowest BCUT2D eigenvalue weighted by Crippen LogP contribution is -2.40. The zero-order valence-corrected chi connectivity index (χ0v) is 12.1. The van der Waals surface area contributed by atoms with Crippen molar-refractivity contribution in [1.29, 1.82) is 0 Å².